The van der Waals surface area contributed by atoms with E-state index in [1.165, 1.54) is 18.2 Å². The molecule has 0 unspecified atom stereocenters. The highest BCUT2D eigenvalue weighted by Crippen LogP contribution is 2.18. The number of hydrogen-bond acceptors (Lipinski definition) is 2. The Morgan fingerprint density at radius 3 is 2.88 bits per heavy atom. The molecule has 0 aromatic heterocycles. The minimum Gasteiger partial charge on any atom is -0.325 e. The van der Waals surface area contributed by atoms with Crippen molar-refractivity contribution in [3.05, 3.63) is 29.0 Å². The highest BCUT2D eigenvalue weighted by atomic mass is 35.5. The summed E-state index contributed by atoms with van der Waals surface area (Å²) in [6, 6.07) is 3.54. The van der Waals surface area contributed by atoms with Gasteiger partial charge >= 0.3 is 0 Å². The van der Waals surface area contributed by atoms with E-state index in [0.717, 1.165) is 12.8 Å². The summed E-state index contributed by atoms with van der Waals surface area (Å²) in [6.45, 7) is 2.03. The maximum absolute atomic E-state index is 13.1. The fourth-order valence-corrected chi connectivity index (χ4v) is 1.48. The maximum Gasteiger partial charge on any atom is 0.241 e. The minimum atomic E-state index is -0.563. The van der Waals surface area contributed by atoms with E-state index in [2.05, 4.69) is 5.32 Å². The van der Waals surface area contributed by atoms with Gasteiger partial charge in [-0.2, -0.15) is 0 Å². The van der Waals surface area contributed by atoms with E-state index in [1.807, 2.05) is 6.92 Å². The van der Waals surface area contributed by atoms with Gasteiger partial charge in [0.05, 0.1) is 11.1 Å². The molecule has 1 rings (SSSR count). The van der Waals surface area contributed by atoms with Crippen LogP contribution in [0.4, 0.5) is 10.1 Å². The summed E-state index contributed by atoms with van der Waals surface area (Å²) in [7, 11) is 0. The van der Waals surface area contributed by atoms with Crippen molar-refractivity contribution in [2.45, 2.75) is 32.2 Å². The first-order valence-electron chi connectivity index (χ1n) is 5.56. The largest absolute Gasteiger partial charge is 0.325 e. The first-order valence-corrected chi connectivity index (χ1v) is 5.94. The molecule has 17 heavy (non-hydrogen) atoms. The van der Waals surface area contributed by atoms with Crippen LogP contribution in [0.3, 0.4) is 0 Å². The molecule has 0 saturated carbocycles. The number of halogens is 2. The topological polar surface area (TPSA) is 55.1 Å². The second kappa shape index (κ2) is 6.57. The fraction of sp³-hybridized carbons (Fsp3) is 0.417. The molecule has 0 fully saturated rings. The van der Waals surface area contributed by atoms with Gasteiger partial charge in [0.25, 0.3) is 0 Å². The number of hydrogen-bond donors (Lipinski definition) is 2. The van der Waals surface area contributed by atoms with Crippen molar-refractivity contribution in [2.75, 3.05) is 5.32 Å². The number of unbranched alkanes of at least 4 members (excludes halogenated alkanes) is 1. The van der Waals surface area contributed by atoms with Crippen molar-refractivity contribution in [1.82, 2.24) is 0 Å². The molecule has 1 atom stereocenters. The molecule has 5 heteroatoms. The molecule has 1 aromatic rings. The van der Waals surface area contributed by atoms with Crippen LogP contribution in [-0.2, 0) is 4.79 Å². The zero-order valence-electron chi connectivity index (χ0n) is 9.67. The molecule has 3 N–H and O–H groups in total. The molecule has 94 valence electrons. The number of anilines is 1. The third kappa shape index (κ3) is 4.32. The zero-order chi connectivity index (χ0) is 12.8. The quantitative estimate of drug-likeness (QED) is 0.853. The number of carbonyl (C=O) groups excluding carboxylic acids is 1. The van der Waals surface area contributed by atoms with Crippen molar-refractivity contribution in [3.8, 4) is 0 Å². The molecule has 0 spiro atoms. The van der Waals surface area contributed by atoms with Crippen molar-refractivity contribution in [2.24, 2.45) is 5.73 Å². The van der Waals surface area contributed by atoms with Gasteiger partial charge in [-0.25, -0.2) is 4.39 Å². The van der Waals surface area contributed by atoms with Crippen LogP contribution in [0.2, 0.25) is 5.02 Å². The number of benzene rings is 1. The van der Waals surface area contributed by atoms with Crippen LogP contribution in [-0.4, -0.2) is 11.9 Å². The summed E-state index contributed by atoms with van der Waals surface area (Å²) in [5.41, 5.74) is 6.05. The average molecular weight is 259 g/mol. The van der Waals surface area contributed by atoms with Crippen LogP contribution in [0.25, 0.3) is 0 Å². The Morgan fingerprint density at radius 1 is 1.59 bits per heavy atom. The van der Waals surface area contributed by atoms with E-state index in [9.17, 15) is 9.18 Å². The molecule has 0 radical (unpaired) electrons. The van der Waals surface area contributed by atoms with Gasteiger partial charge in [-0.1, -0.05) is 31.4 Å². The smallest absolute Gasteiger partial charge is 0.241 e. The zero-order valence-corrected chi connectivity index (χ0v) is 10.4. The number of nitrogens with one attached hydrogen (secondary N) is 1. The average Bonchev–Trinajstić information content (AvgIpc) is 2.30. The standard InChI is InChI=1S/C12H16ClFN2O/c1-2-3-4-11(15)12(17)16-8-5-6-9(13)10(14)7-8/h5-7,11H,2-4,15H2,1H3,(H,16,17)/t11-/m0/s1. The van der Waals surface area contributed by atoms with Gasteiger partial charge in [0.2, 0.25) is 5.91 Å². The normalized spacial score (nSPS) is 12.2. The molecule has 3 nitrogen and oxygen atoms in total. The van der Waals surface area contributed by atoms with Crippen LogP contribution in [0.1, 0.15) is 26.2 Å². The van der Waals surface area contributed by atoms with E-state index in [1.54, 1.807) is 0 Å². The van der Waals surface area contributed by atoms with Crippen LogP contribution >= 0.6 is 11.6 Å². The summed E-state index contributed by atoms with van der Waals surface area (Å²) >= 11 is 5.54. The van der Waals surface area contributed by atoms with Gasteiger partial charge in [-0.05, 0) is 24.6 Å². The summed E-state index contributed by atoms with van der Waals surface area (Å²) in [6.07, 6.45) is 2.50. The third-order valence-corrected chi connectivity index (χ3v) is 2.70. The number of amides is 1. The Hall–Kier alpha value is -1.13. The van der Waals surface area contributed by atoms with Crippen molar-refractivity contribution < 1.29 is 9.18 Å². The molecule has 1 amide bonds. The molecule has 0 aliphatic carbocycles. The second-order valence-corrected chi connectivity index (χ2v) is 4.27. The second-order valence-electron chi connectivity index (χ2n) is 3.87. The van der Waals surface area contributed by atoms with Gasteiger partial charge in [0.1, 0.15) is 5.82 Å². The van der Waals surface area contributed by atoms with E-state index in [4.69, 9.17) is 17.3 Å². The van der Waals surface area contributed by atoms with E-state index in [0.29, 0.717) is 12.1 Å². The molecule has 0 aliphatic rings. The lowest BCUT2D eigenvalue weighted by Gasteiger charge is -2.11. The lowest BCUT2D eigenvalue weighted by molar-refractivity contribution is -0.117. The van der Waals surface area contributed by atoms with Crippen LogP contribution in [0, 0.1) is 5.82 Å². The predicted octanol–water partition coefficient (Wildman–Crippen LogP) is 2.94. The lowest BCUT2D eigenvalue weighted by Crippen LogP contribution is -2.35. The monoisotopic (exact) mass is 258 g/mol. The Kier molecular flexibility index (Phi) is 5.38. The van der Waals surface area contributed by atoms with E-state index >= 15 is 0 Å². The van der Waals surface area contributed by atoms with Crippen LogP contribution in [0.15, 0.2) is 18.2 Å². The van der Waals surface area contributed by atoms with Gasteiger partial charge in [-0.3, -0.25) is 4.79 Å². The molecular weight excluding hydrogens is 243 g/mol. The van der Waals surface area contributed by atoms with Gasteiger partial charge in [0, 0.05) is 5.69 Å². The Labute approximate surface area is 105 Å². The van der Waals surface area contributed by atoms with Crippen LogP contribution < -0.4 is 11.1 Å². The van der Waals surface area contributed by atoms with E-state index < -0.39 is 11.9 Å². The summed E-state index contributed by atoms with van der Waals surface area (Å²) in [5, 5.41) is 2.58. The first-order chi connectivity index (χ1) is 8.04. The predicted molar refractivity (Wildman–Crippen MR) is 67.5 cm³/mol. The van der Waals surface area contributed by atoms with Gasteiger partial charge in [-0.15, -0.1) is 0 Å². The van der Waals surface area contributed by atoms with Gasteiger partial charge < -0.3 is 11.1 Å². The maximum atomic E-state index is 13.1. The van der Waals surface area contributed by atoms with Crippen molar-refractivity contribution in [3.63, 3.8) is 0 Å². The van der Waals surface area contributed by atoms with Gasteiger partial charge in [0.15, 0.2) is 0 Å². The first kappa shape index (κ1) is 13.9. The van der Waals surface area contributed by atoms with E-state index in [-0.39, 0.29) is 10.9 Å². The molecule has 0 aliphatic heterocycles. The summed E-state index contributed by atoms with van der Waals surface area (Å²) < 4.78 is 13.1. The fourth-order valence-electron chi connectivity index (χ4n) is 1.36. The highest BCUT2D eigenvalue weighted by Gasteiger charge is 2.13. The lowest BCUT2D eigenvalue weighted by atomic mass is 10.1. The molecule has 1 aromatic carbocycles. The molecule has 0 bridgehead atoms. The Bertz CT molecular complexity index is 398. The highest BCUT2D eigenvalue weighted by molar-refractivity contribution is 6.30. The molecule has 0 heterocycles. The molecule has 0 saturated heterocycles. The third-order valence-electron chi connectivity index (χ3n) is 2.39. The summed E-state index contributed by atoms with van der Waals surface area (Å²) in [4.78, 5) is 11.6. The van der Waals surface area contributed by atoms with Crippen molar-refractivity contribution in [1.29, 1.82) is 0 Å². The summed E-state index contributed by atoms with van der Waals surface area (Å²) in [5.74, 6) is -0.869. The minimum absolute atomic E-state index is 0.0262. The number of nitrogens with two attached hydrogens (primary N) is 1. The number of carbonyl (C=O) groups is 1. The Morgan fingerprint density at radius 2 is 2.29 bits per heavy atom. The number of rotatable bonds is 5. The molecular formula is C12H16ClFN2O. The SMILES string of the molecule is CCCC[C@H](N)C(=O)Nc1ccc(Cl)c(F)c1. The Balaban J connectivity index is 2.58. The van der Waals surface area contributed by atoms with Crippen LogP contribution in [0.5, 0.6) is 0 Å². The van der Waals surface area contributed by atoms with Crippen molar-refractivity contribution >= 4 is 23.2 Å².